The molecule has 2 aromatic heterocycles. The van der Waals surface area contributed by atoms with E-state index in [1.807, 2.05) is 13.0 Å². The van der Waals surface area contributed by atoms with E-state index in [1.165, 1.54) is 12.4 Å². The Balaban J connectivity index is 1.68. The van der Waals surface area contributed by atoms with Gasteiger partial charge in [0.25, 0.3) is 0 Å². The first-order valence-electron chi connectivity index (χ1n) is 9.05. The molecule has 3 rings (SSSR count). The number of nitrogens with two attached hydrogens (primary N) is 1. The number of alkyl halides is 3. The molecular formula is C21H18ClF3N4O. The quantitative estimate of drug-likeness (QED) is 0.546. The van der Waals surface area contributed by atoms with E-state index in [0.29, 0.717) is 11.3 Å². The number of halogens is 4. The Hall–Kier alpha value is -3.00. The molecule has 0 radical (unpaired) electrons. The van der Waals surface area contributed by atoms with Crippen molar-refractivity contribution in [2.24, 2.45) is 0 Å². The zero-order valence-electron chi connectivity index (χ0n) is 15.9. The van der Waals surface area contributed by atoms with Crippen LogP contribution < -0.4 is 5.73 Å². The van der Waals surface area contributed by atoms with E-state index in [-0.39, 0.29) is 41.1 Å². The van der Waals surface area contributed by atoms with Crippen molar-refractivity contribution in [3.8, 4) is 0 Å². The summed E-state index contributed by atoms with van der Waals surface area (Å²) in [6.07, 6.45) is -1.16. The summed E-state index contributed by atoms with van der Waals surface area (Å²) in [4.78, 5) is 24.4. The van der Waals surface area contributed by atoms with Gasteiger partial charge < -0.3 is 5.73 Å². The highest BCUT2D eigenvalue weighted by Crippen LogP contribution is 2.30. The molecule has 5 nitrogen and oxygen atoms in total. The van der Waals surface area contributed by atoms with Crippen molar-refractivity contribution in [1.82, 2.24) is 15.0 Å². The summed E-state index contributed by atoms with van der Waals surface area (Å²) in [6.45, 7) is 1.86. The van der Waals surface area contributed by atoms with Crippen LogP contribution in [-0.4, -0.2) is 20.7 Å². The van der Waals surface area contributed by atoms with Crippen molar-refractivity contribution in [3.05, 3.63) is 82.0 Å². The number of hydrogen-bond acceptors (Lipinski definition) is 5. The normalized spacial score (nSPS) is 12.6. The van der Waals surface area contributed by atoms with Gasteiger partial charge in [0.15, 0.2) is 5.78 Å². The number of pyridine rings is 1. The summed E-state index contributed by atoms with van der Waals surface area (Å²) in [5.41, 5.74) is 6.95. The van der Waals surface area contributed by atoms with Crippen LogP contribution in [0.4, 0.5) is 19.0 Å². The summed E-state index contributed by atoms with van der Waals surface area (Å²) in [5, 5.41) is 0.0317. The molecule has 0 aliphatic carbocycles. The third-order valence-corrected chi connectivity index (χ3v) is 5.00. The van der Waals surface area contributed by atoms with Gasteiger partial charge >= 0.3 is 6.18 Å². The fourth-order valence-corrected chi connectivity index (χ4v) is 3.17. The number of hydrogen-bond donors (Lipinski definition) is 1. The smallest absolute Gasteiger partial charge is 0.382 e. The molecule has 2 heterocycles. The lowest BCUT2D eigenvalue weighted by molar-refractivity contribution is -0.137. The Labute approximate surface area is 176 Å². The van der Waals surface area contributed by atoms with Gasteiger partial charge in [-0.3, -0.25) is 9.78 Å². The molecular weight excluding hydrogens is 417 g/mol. The minimum absolute atomic E-state index is 0.0317. The second kappa shape index (κ2) is 8.79. The van der Waals surface area contributed by atoms with Crippen molar-refractivity contribution in [3.63, 3.8) is 0 Å². The van der Waals surface area contributed by atoms with E-state index < -0.39 is 11.7 Å². The van der Waals surface area contributed by atoms with Gasteiger partial charge in [-0.05, 0) is 29.2 Å². The third-order valence-electron chi connectivity index (χ3n) is 4.63. The Kier molecular flexibility index (Phi) is 6.36. The number of Topliss-reactive ketones (excluding diaryl/α,β-unsaturated/α-hetero) is 1. The van der Waals surface area contributed by atoms with E-state index in [2.05, 4.69) is 15.0 Å². The number of rotatable bonds is 6. The van der Waals surface area contributed by atoms with Gasteiger partial charge in [-0.15, -0.1) is 0 Å². The van der Waals surface area contributed by atoms with E-state index in [0.717, 1.165) is 17.7 Å². The molecule has 0 aliphatic heterocycles. The van der Waals surface area contributed by atoms with E-state index in [1.54, 1.807) is 18.3 Å². The Morgan fingerprint density at radius 1 is 1.17 bits per heavy atom. The molecule has 1 aromatic carbocycles. The van der Waals surface area contributed by atoms with Gasteiger partial charge in [0.2, 0.25) is 0 Å². The zero-order valence-corrected chi connectivity index (χ0v) is 16.7. The number of benzene rings is 1. The van der Waals surface area contributed by atoms with Gasteiger partial charge in [0, 0.05) is 24.7 Å². The lowest BCUT2D eigenvalue weighted by Gasteiger charge is -2.12. The summed E-state index contributed by atoms with van der Waals surface area (Å²) in [5.74, 6) is -0.391. The Morgan fingerprint density at radius 3 is 2.60 bits per heavy atom. The van der Waals surface area contributed by atoms with Crippen LogP contribution in [0, 0.1) is 0 Å². The van der Waals surface area contributed by atoms with Crippen molar-refractivity contribution in [1.29, 1.82) is 0 Å². The lowest BCUT2D eigenvalue weighted by Crippen LogP contribution is -2.10. The second-order valence-corrected chi connectivity index (χ2v) is 7.29. The van der Waals surface area contributed by atoms with Crippen molar-refractivity contribution >= 4 is 23.2 Å². The number of aromatic nitrogens is 3. The predicted octanol–water partition coefficient (Wildman–Crippen LogP) is 5.09. The summed E-state index contributed by atoms with van der Waals surface area (Å²) < 4.78 is 38.6. The maximum atomic E-state index is 12.9. The highest BCUT2D eigenvalue weighted by molar-refractivity contribution is 6.35. The Morgan fingerprint density at radius 2 is 1.93 bits per heavy atom. The first-order valence-corrected chi connectivity index (χ1v) is 9.43. The standard InChI is InChI=1S/C21H18ClF3N4O/c1-12(7-17(30)19-18(22)20(26)29-11-28-19)14-5-6-16(27-10-14)9-13-3-2-4-15(8-13)21(23,24)25/h2-6,8,10-12H,7,9H2,1H3,(H2,26,28,29). The van der Waals surface area contributed by atoms with Crippen LogP contribution in [0.3, 0.4) is 0 Å². The fraction of sp³-hybridized carbons (Fsp3) is 0.238. The van der Waals surface area contributed by atoms with Crippen LogP contribution in [0.2, 0.25) is 5.02 Å². The predicted molar refractivity (Wildman–Crippen MR) is 107 cm³/mol. The van der Waals surface area contributed by atoms with Crippen LogP contribution >= 0.6 is 11.6 Å². The minimum atomic E-state index is -4.38. The average Bonchev–Trinajstić information content (AvgIpc) is 2.70. The van der Waals surface area contributed by atoms with Crippen LogP contribution in [0.1, 0.15) is 52.1 Å². The summed E-state index contributed by atoms with van der Waals surface area (Å²) in [6, 6.07) is 8.72. The number of ketones is 1. The molecule has 9 heteroatoms. The number of carbonyl (C=O) groups excluding carboxylic acids is 1. The van der Waals surface area contributed by atoms with Crippen molar-refractivity contribution in [2.75, 3.05) is 5.73 Å². The van der Waals surface area contributed by atoms with E-state index in [9.17, 15) is 18.0 Å². The van der Waals surface area contributed by atoms with Crippen LogP contribution in [-0.2, 0) is 12.6 Å². The van der Waals surface area contributed by atoms with Gasteiger partial charge in [-0.1, -0.05) is 42.8 Å². The van der Waals surface area contributed by atoms with Crippen LogP contribution in [0.25, 0.3) is 0 Å². The number of carbonyl (C=O) groups is 1. The number of nitrogen functional groups attached to an aromatic ring is 1. The summed E-state index contributed by atoms with van der Waals surface area (Å²) in [7, 11) is 0. The molecule has 0 saturated heterocycles. The highest BCUT2D eigenvalue weighted by Gasteiger charge is 2.30. The van der Waals surface area contributed by atoms with E-state index in [4.69, 9.17) is 17.3 Å². The molecule has 0 saturated carbocycles. The first-order chi connectivity index (χ1) is 14.1. The molecule has 0 amide bonds. The molecule has 1 unspecified atom stereocenters. The summed E-state index contributed by atoms with van der Waals surface area (Å²) >= 11 is 6.00. The van der Waals surface area contributed by atoms with Gasteiger partial charge in [-0.2, -0.15) is 13.2 Å². The maximum absolute atomic E-state index is 12.9. The third kappa shape index (κ3) is 5.13. The molecule has 3 aromatic rings. The SMILES string of the molecule is CC(CC(=O)c1ncnc(N)c1Cl)c1ccc(Cc2cccc(C(F)(F)F)c2)nc1. The number of nitrogens with zero attached hydrogens (tertiary/aromatic N) is 3. The average molecular weight is 435 g/mol. The molecule has 0 bridgehead atoms. The number of anilines is 1. The lowest BCUT2D eigenvalue weighted by atomic mass is 9.95. The molecule has 0 fully saturated rings. The van der Waals surface area contributed by atoms with Gasteiger partial charge in [0.05, 0.1) is 5.56 Å². The van der Waals surface area contributed by atoms with Crippen LogP contribution in [0.5, 0.6) is 0 Å². The largest absolute Gasteiger partial charge is 0.416 e. The molecule has 0 aliphatic rings. The van der Waals surface area contributed by atoms with Gasteiger partial charge in [0.1, 0.15) is 22.9 Å². The Bertz CT molecular complexity index is 1050. The monoisotopic (exact) mass is 434 g/mol. The molecule has 30 heavy (non-hydrogen) atoms. The van der Waals surface area contributed by atoms with E-state index >= 15 is 0 Å². The topological polar surface area (TPSA) is 81.8 Å². The minimum Gasteiger partial charge on any atom is -0.382 e. The first kappa shape index (κ1) is 21.7. The maximum Gasteiger partial charge on any atom is 0.416 e. The van der Waals surface area contributed by atoms with Crippen molar-refractivity contribution < 1.29 is 18.0 Å². The zero-order chi connectivity index (χ0) is 21.9. The molecule has 156 valence electrons. The molecule has 0 spiro atoms. The van der Waals surface area contributed by atoms with Gasteiger partial charge in [-0.25, -0.2) is 9.97 Å². The fourth-order valence-electron chi connectivity index (χ4n) is 2.97. The molecule has 2 N–H and O–H groups in total. The van der Waals surface area contributed by atoms with Crippen LogP contribution in [0.15, 0.2) is 48.9 Å². The second-order valence-electron chi connectivity index (χ2n) is 6.91. The molecule has 1 atom stereocenters. The highest BCUT2D eigenvalue weighted by atomic mass is 35.5. The van der Waals surface area contributed by atoms with Crippen molar-refractivity contribution in [2.45, 2.75) is 31.9 Å².